The number of carbonyl (C=O) groups excluding carboxylic acids is 1. The van der Waals surface area contributed by atoms with Gasteiger partial charge in [-0.2, -0.15) is 0 Å². The van der Waals surface area contributed by atoms with E-state index in [0.29, 0.717) is 17.7 Å². The van der Waals surface area contributed by atoms with E-state index < -0.39 is 0 Å². The third kappa shape index (κ3) is 3.12. The van der Waals surface area contributed by atoms with E-state index in [-0.39, 0.29) is 0 Å². The summed E-state index contributed by atoms with van der Waals surface area (Å²) in [7, 11) is 0. The molecule has 0 aromatic carbocycles. The van der Waals surface area contributed by atoms with Gasteiger partial charge in [-0.15, -0.1) is 5.10 Å². The molecule has 2 heterocycles. The normalized spacial score (nSPS) is 21.9. The van der Waals surface area contributed by atoms with Crippen LogP contribution in [-0.4, -0.2) is 45.8 Å². The van der Waals surface area contributed by atoms with E-state index in [9.17, 15) is 4.79 Å². The van der Waals surface area contributed by atoms with Crippen molar-refractivity contribution in [2.75, 3.05) is 19.6 Å². The lowest BCUT2D eigenvalue weighted by Gasteiger charge is -2.33. The SMILES string of the molecule is CC(C)CN1CCC[C@H](n2cc(C=O)nn2)C1. The third-order valence-corrected chi connectivity index (χ3v) is 3.13. The minimum atomic E-state index is 0.365. The summed E-state index contributed by atoms with van der Waals surface area (Å²) in [6, 6.07) is 0.365. The van der Waals surface area contributed by atoms with Gasteiger partial charge in [0.1, 0.15) is 5.69 Å². The maximum atomic E-state index is 10.6. The summed E-state index contributed by atoms with van der Waals surface area (Å²) < 4.78 is 1.84. The van der Waals surface area contributed by atoms with E-state index in [0.717, 1.165) is 25.8 Å². The molecule has 5 heteroatoms. The highest BCUT2D eigenvalue weighted by molar-refractivity contribution is 5.70. The molecule has 1 atom stereocenters. The predicted molar refractivity (Wildman–Crippen MR) is 65.0 cm³/mol. The summed E-state index contributed by atoms with van der Waals surface area (Å²) in [5.74, 6) is 0.690. The van der Waals surface area contributed by atoms with Crippen LogP contribution in [0, 0.1) is 5.92 Å². The summed E-state index contributed by atoms with van der Waals surface area (Å²) in [5.41, 5.74) is 0.422. The zero-order valence-electron chi connectivity index (χ0n) is 10.5. The summed E-state index contributed by atoms with van der Waals surface area (Å²) in [4.78, 5) is 13.1. The van der Waals surface area contributed by atoms with Gasteiger partial charge in [-0.25, -0.2) is 4.68 Å². The summed E-state index contributed by atoms with van der Waals surface area (Å²) in [6.45, 7) is 7.79. The fourth-order valence-corrected chi connectivity index (χ4v) is 2.45. The first kappa shape index (κ1) is 12.2. The van der Waals surface area contributed by atoms with Crippen molar-refractivity contribution in [3.63, 3.8) is 0 Å². The van der Waals surface area contributed by atoms with Crippen molar-refractivity contribution in [2.45, 2.75) is 32.7 Å². The number of hydrogen-bond donors (Lipinski definition) is 0. The van der Waals surface area contributed by atoms with Crippen molar-refractivity contribution in [1.82, 2.24) is 19.9 Å². The van der Waals surface area contributed by atoms with Crippen LogP contribution in [-0.2, 0) is 0 Å². The van der Waals surface area contributed by atoms with Gasteiger partial charge < -0.3 is 4.90 Å². The molecule has 0 bridgehead atoms. The Balaban J connectivity index is 1.99. The van der Waals surface area contributed by atoms with Crippen LogP contribution in [0.5, 0.6) is 0 Å². The lowest BCUT2D eigenvalue weighted by molar-refractivity contribution is 0.111. The van der Waals surface area contributed by atoms with E-state index in [2.05, 4.69) is 29.1 Å². The number of piperidine rings is 1. The highest BCUT2D eigenvalue weighted by atomic mass is 16.1. The first-order valence-corrected chi connectivity index (χ1v) is 6.28. The molecule has 0 saturated carbocycles. The molecule has 17 heavy (non-hydrogen) atoms. The Kier molecular flexibility index (Phi) is 3.89. The van der Waals surface area contributed by atoms with Gasteiger partial charge in [0.25, 0.3) is 0 Å². The molecule has 0 amide bonds. The van der Waals surface area contributed by atoms with Crippen molar-refractivity contribution in [2.24, 2.45) is 5.92 Å². The number of carbonyl (C=O) groups is 1. The molecule has 0 spiro atoms. The van der Waals surface area contributed by atoms with E-state index in [1.165, 1.54) is 13.0 Å². The number of aldehydes is 1. The Morgan fingerprint density at radius 2 is 2.41 bits per heavy atom. The second-order valence-corrected chi connectivity index (χ2v) is 5.19. The van der Waals surface area contributed by atoms with Gasteiger partial charge in [0.05, 0.1) is 12.2 Å². The Bertz CT molecular complexity index is 374. The summed E-state index contributed by atoms with van der Waals surface area (Å²) >= 11 is 0. The highest BCUT2D eigenvalue weighted by Crippen LogP contribution is 2.21. The number of rotatable bonds is 4. The maximum Gasteiger partial charge on any atom is 0.171 e. The minimum absolute atomic E-state index is 0.365. The van der Waals surface area contributed by atoms with Crippen LogP contribution in [0.15, 0.2) is 6.20 Å². The van der Waals surface area contributed by atoms with Crippen molar-refractivity contribution in [3.05, 3.63) is 11.9 Å². The van der Waals surface area contributed by atoms with Crippen LogP contribution >= 0.6 is 0 Å². The van der Waals surface area contributed by atoms with Crippen molar-refractivity contribution >= 4 is 6.29 Å². The van der Waals surface area contributed by atoms with Gasteiger partial charge in [-0.3, -0.25) is 4.79 Å². The zero-order chi connectivity index (χ0) is 12.3. The van der Waals surface area contributed by atoms with Gasteiger partial charge in [0.2, 0.25) is 0 Å². The number of nitrogens with zero attached hydrogens (tertiary/aromatic N) is 4. The molecule has 1 aromatic heterocycles. The lowest BCUT2D eigenvalue weighted by atomic mass is 10.0. The van der Waals surface area contributed by atoms with Gasteiger partial charge in [0.15, 0.2) is 6.29 Å². The molecule has 2 rings (SSSR count). The van der Waals surface area contributed by atoms with Crippen LogP contribution < -0.4 is 0 Å². The molecular formula is C12H20N4O. The molecule has 1 aliphatic rings. The summed E-state index contributed by atoms with van der Waals surface area (Å²) in [5, 5.41) is 7.86. The van der Waals surface area contributed by atoms with E-state index >= 15 is 0 Å². The zero-order valence-corrected chi connectivity index (χ0v) is 10.5. The average Bonchev–Trinajstić information content (AvgIpc) is 2.77. The van der Waals surface area contributed by atoms with E-state index in [4.69, 9.17) is 0 Å². The quantitative estimate of drug-likeness (QED) is 0.741. The lowest BCUT2D eigenvalue weighted by Crippen LogP contribution is -2.38. The maximum absolute atomic E-state index is 10.6. The topological polar surface area (TPSA) is 51.0 Å². The first-order chi connectivity index (χ1) is 8.19. The van der Waals surface area contributed by atoms with Crippen LogP contribution in [0.25, 0.3) is 0 Å². The fraction of sp³-hybridized carbons (Fsp3) is 0.750. The number of aromatic nitrogens is 3. The van der Waals surface area contributed by atoms with Crippen LogP contribution in [0.1, 0.15) is 43.2 Å². The highest BCUT2D eigenvalue weighted by Gasteiger charge is 2.22. The number of hydrogen-bond acceptors (Lipinski definition) is 4. The molecule has 94 valence electrons. The molecule has 1 fully saturated rings. The van der Waals surface area contributed by atoms with Crippen LogP contribution in [0.4, 0.5) is 0 Å². The van der Waals surface area contributed by atoms with E-state index in [1.54, 1.807) is 6.20 Å². The average molecular weight is 236 g/mol. The van der Waals surface area contributed by atoms with Crippen LogP contribution in [0.3, 0.4) is 0 Å². The Morgan fingerprint density at radius 3 is 3.06 bits per heavy atom. The molecule has 5 nitrogen and oxygen atoms in total. The minimum Gasteiger partial charge on any atom is -0.301 e. The van der Waals surface area contributed by atoms with Gasteiger partial charge in [-0.1, -0.05) is 19.1 Å². The molecule has 0 unspecified atom stereocenters. The second kappa shape index (κ2) is 5.40. The van der Waals surface area contributed by atoms with Gasteiger partial charge in [-0.05, 0) is 25.3 Å². The molecule has 0 aliphatic carbocycles. The largest absolute Gasteiger partial charge is 0.301 e. The molecule has 1 aromatic rings. The Hall–Kier alpha value is -1.23. The number of likely N-dealkylation sites (tertiary alicyclic amines) is 1. The molecule has 1 saturated heterocycles. The van der Waals surface area contributed by atoms with Crippen LogP contribution in [0.2, 0.25) is 0 Å². The smallest absolute Gasteiger partial charge is 0.171 e. The fourth-order valence-electron chi connectivity index (χ4n) is 2.45. The molecule has 1 aliphatic heterocycles. The van der Waals surface area contributed by atoms with E-state index in [1.807, 2.05) is 4.68 Å². The van der Waals surface area contributed by atoms with Gasteiger partial charge in [0, 0.05) is 13.1 Å². The molecule has 0 N–H and O–H groups in total. The monoisotopic (exact) mass is 236 g/mol. The second-order valence-electron chi connectivity index (χ2n) is 5.19. The first-order valence-electron chi connectivity index (χ1n) is 6.28. The van der Waals surface area contributed by atoms with Crippen molar-refractivity contribution in [3.8, 4) is 0 Å². The summed E-state index contributed by atoms with van der Waals surface area (Å²) in [6.07, 6.45) is 4.80. The van der Waals surface area contributed by atoms with Crippen molar-refractivity contribution in [1.29, 1.82) is 0 Å². The predicted octanol–water partition coefficient (Wildman–Crippen LogP) is 1.38. The standard InChI is InChI=1S/C12H20N4O/c1-10(2)6-15-5-3-4-12(8-15)16-7-11(9-17)13-14-16/h7,9-10,12H,3-6,8H2,1-2H3/t12-/m0/s1. The van der Waals surface area contributed by atoms with Gasteiger partial charge >= 0.3 is 0 Å². The third-order valence-electron chi connectivity index (χ3n) is 3.13. The van der Waals surface area contributed by atoms with Crippen molar-refractivity contribution < 1.29 is 4.79 Å². The Labute approximate surface area is 102 Å². The molecule has 0 radical (unpaired) electrons. The molecular weight excluding hydrogens is 216 g/mol. The Morgan fingerprint density at radius 1 is 1.59 bits per heavy atom.